The van der Waals surface area contributed by atoms with Crippen molar-refractivity contribution in [1.29, 1.82) is 0 Å². The zero-order valence-corrected chi connectivity index (χ0v) is 13.5. The average molecular weight is 343 g/mol. The van der Waals surface area contributed by atoms with Gasteiger partial charge in [-0.25, -0.2) is 4.39 Å². The van der Waals surface area contributed by atoms with Crippen LogP contribution >= 0.6 is 11.7 Å². The molecule has 0 unspecified atom stereocenters. The SMILES string of the molecule is O=C(c1ccc2nsnc2c1)N1CCO[C@H](c2ccc(F)cc2)C1. The minimum atomic E-state index is -0.285. The largest absolute Gasteiger partial charge is 0.370 e. The van der Waals surface area contributed by atoms with Crippen LogP contribution in [0.3, 0.4) is 0 Å². The molecular weight excluding hydrogens is 329 g/mol. The Hall–Kier alpha value is -2.38. The van der Waals surface area contributed by atoms with E-state index in [1.165, 1.54) is 12.1 Å². The van der Waals surface area contributed by atoms with Gasteiger partial charge in [0.25, 0.3) is 5.91 Å². The molecule has 1 aliphatic rings. The zero-order chi connectivity index (χ0) is 16.5. The first-order valence-electron chi connectivity index (χ1n) is 7.59. The smallest absolute Gasteiger partial charge is 0.254 e. The first kappa shape index (κ1) is 15.2. The van der Waals surface area contributed by atoms with Gasteiger partial charge in [0.2, 0.25) is 0 Å². The third-order valence-corrected chi connectivity index (χ3v) is 4.65. The molecule has 1 aliphatic heterocycles. The molecule has 24 heavy (non-hydrogen) atoms. The van der Waals surface area contributed by atoms with Crippen molar-refractivity contribution in [2.45, 2.75) is 6.10 Å². The van der Waals surface area contributed by atoms with Crippen LogP contribution < -0.4 is 0 Å². The first-order chi connectivity index (χ1) is 11.7. The number of carbonyl (C=O) groups is 1. The van der Waals surface area contributed by atoms with Gasteiger partial charge in [-0.1, -0.05) is 12.1 Å². The molecule has 0 radical (unpaired) electrons. The Morgan fingerprint density at radius 2 is 1.96 bits per heavy atom. The normalized spacial score (nSPS) is 18.0. The van der Waals surface area contributed by atoms with Crippen molar-refractivity contribution in [2.75, 3.05) is 19.7 Å². The van der Waals surface area contributed by atoms with E-state index in [4.69, 9.17) is 4.74 Å². The summed E-state index contributed by atoms with van der Waals surface area (Å²) in [4.78, 5) is 14.5. The van der Waals surface area contributed by atoms with Gasteiger partial charge in [0.05, 0.1) is 24.9 Å². The lowest BCUT2D eigenvalue weighted by molar-refractivity contribution is -0.0228. The van der Waals surface area contributed by atoms with Gasteiger partial charge in [0.1, 0.15) is 23.0 Å². The predicted molar refractivity (Wildman–Crippen MR) is 88.4 cm³/mol. The Balaban J connectivity index is 1.54. The first-order valence-corrected chi connectivity index (χ1v) is 8.32. The van der Waals surface area contributed by atoms with Crippen molar-refractivity contribution in [2.24, 2.45) is 0 Å². The van der Waals surface area contributed by atoms with Crippen LogP contribution in [0.1, 0.15) is 22.0 Å². The molecule has 1 fully saturated rings. The second-order valence-electron chi connectivity index (χ2n) is 5.63. The molecule has 122 valence electrons. The summed E-state index contributed by atoms with van der Waals surface area (Å²) in [6, 6.07) is 11.6. The van der Waals surface area contributed by atoms with E-state index in [1.54, 1.807) is 29.2 Å². The molecule has 5 nitrogen and oxygen atoms in total. The molecule has 7 heteroatoms. The van der Waals surface area contributed by atoms with Crippen LogP contribution in [0.4, 0.5) is 4.39 Å². The van der Waals surface area contributed by atoms with Crippen LogP contribution in [-0.2, 0) is 4.74 Å². The van der Waals surface area contributed by atoms with Gasteiger partial charge in [0, 0.05) is 12.1 Å². The van der Waals surface area contributed by atoms with Gasteiger partial charge in [-0.05, 0) is 35.9 Å². The summed E-state index contributed by atoms with van der Waals surface area (Å²) in [6.07, 6.45) is -0.243. The second-order valence-corrected chi connectivity index (χ2v) is 6.16. The van der Waals surface area contributed by atoms with Crippen LogP contribution in [0, 0.1) is 5.82 Å². The summed E-state index contributed by atoms with van der Waals surface area (Å²) in [6.45, 7) is 1.43. The number of carbonyl (C=O) groups excluding carboxylic acids is 1. The Morgan fingerprint density at radius 1 is 1.17 bits per heavy atom. The van der Waals surface area contributed by atoms with Crippen LogP contribution in [0.15, 0.2) is 42.5 Å². The maximum absolute atomic E-state index is 13.1. The van der Waals surface area contributed by atoms with Crippen molar-refractivity contribution >= 4 is 28.7 Å². The van der Waals surface area contributed by atoms with Crippen LogP contribution in [0.5, 0.6) is 0 Å². The molecule has 0 N–H and O–H groups in total. The van der Waals surface area contributed by atoms with E-state index in [-0.39, 0.29) is 17.8 Å². The van der Waals surface area contributed by atoms with Gasteiger partial charge in [-0.3, -0.25) is 4.79 Å². The second kappa shape index (κ2) is 6.26. The number of fused-ring (bicyclic) bond motifs is 1. The predicted octanol–water partition coefficient (Wildman–Crippen LogP) is 3.04. The highest BCUT2D eigenvalue weighted by Crippen LogP contribution is 2.24. The van der Waals surface area contributed by atoms with Gasteiger partial charge < -0.3 is 9.64 Å². The minimum Gasteiger partial charge on any atom is -0.370 e. The third-order valence-electron chi connectivity index (χ3n) is 4.10. The number of ether oxygens (including phenoxy) is 1. The average Bonchev–Trinajstić information content (AvgIpc) is 3.09. The Morgan fingerprint density at radius 3 is 2.79 bits per heavy atom. The van der Waals surface area contributed by atoms with Crippen molar-refractivity contribution < 1.29 is 13.9 Å². The van der Waals surface area contributed by atoms with E-state index in [1.807, 2.05) is 6.07 Å². The molecule has 2 heterocycles. The lowest BCUT2D eigenvalue weighted by atomic mass is 10.1. The Labute approximate surface area is 142 Å². The van der Waals surface area contributed by atoms with E-state index in [9.17, 15) is 9.18 Å². The van der Waals surface area contributed by atoms with Crippen LogP contribution in [-0.4, -0.2) is 39.3 Å². The standard InChI is InChI=1S/C17H14FN3O2S/c18-13-4-1-11(2-5-13)16-10-21(7-8-23-16)17(22)12-3-6-14-15(9-12)20-24-19-14/h1-6,9,16H,7-8,10H2/t16-/m0/s1. The molecule has 1 atom stereocenters. The molecule has 0 saturated carbocycles. The summed E-state index contributed by atoms with van der Waals surface area (Å²) in [5.74, 6) is -0.340. The number of hydrogen-bond acceptors (Lipinski definition) is 5. The summed E-state index contributed by atoms with van der Waals surface area (Å²) in [5, 5.41) is 0. The monoisotopic (exact) mass is 343 g/mol. The summed E-state index contributed by atoms with van der Waals surface area (Å²) < 4.78 is 27.1. The summed E-state index contributed by atoms with van der Waals surface area (Å²) in [5.41, 5.74) is 2.99. The van der Waals surface area contributed by atoms with Crippen molar-refractivity contribution in [3.05, 3.63) is 59.4 Å². The lowest BCUT2D eigenvalue weighted by Gasteiger charge is -2.33. The fourth-order valence-corrected chi connectivity index (χ4v) is 3.33. The fraction of sp³-hybridized carbons (Fsp3) is 0.235. The van der Waals surface area contributed by atoms with Gasteiger partial charge >= 0.3 is 0 Å². The summed E-state index contributed by atoms with van der Waals surface area (Å²) >= 11 is 1.13. The van der Waals surface area contributed by atoms with Crippen molar-refractivity contribution in [1.82, 2.24) is 13.6 Å². The quantitative estimate of drug-likeness (QED) is 0.718. The number of benzene rings is 2. The van der Waals surface area contributed by atoms with Crippen molar-refractivity contribution in [3.63, 3.8) is 0 Å². The molecule has 2 aromatic carbocycles. The number of amides is 1. The Kier molecular flexibility index (Phi) is 3.95. The number of hydrogen-bond donors (Lipinski definition) is 0. The lowest BCUT2D eigenvalue weighted by Crippen LogP contribution is -2.42. The van der Waals surface area contributed by atoms with Crippen LogP contribution in [0.2, 0.25) is 0 Å². The molecule has 1 saturated heterocycles. The van der Waals surface area contributed by atoms with Crippen molar-refractivity contribution in [3.8, 4) is 0 Å². The molecule has 0 spiro atoms. The van der Waals surface area contributed by atoms with E-state index in [0.29, 0.717) is 25.3 Å². The highest BCUT2D eigenvalue weighted by atomic mass is 32.1. The highest BCUT2D eigenvalue weighted by Gasteiger charge is 2.26. The molecule has 4 rings (SSSR count). The maximum atomic E-state index is 13.1. The molecular formula is C17H14FN3O2S. The van der Waals surface area contributed by atoms with Crippen LogP contribution in [0.25, 0.3) is 11.0 Å². The number of nitrogens with zero attached hydrogens (tertiary/aromatic N) is 3. The highest BCUT2D eigenvalue weighted by molar-refractivity contribution is 7.00. The number of aromatic nitrogens is 2. The molecule has 1 amide bonds. The number of halogens is 1. The van der Waals surface area contributed by atoms with E-state index in [0.717, 1.165) is 28.3 Å². The topological polar surface area (TPSA) is 55.3 Å². The molecule has 1 aromatic heterocycles. The molecule has 0 bridgehead atoms. The Bertz CT molecular complexity index is 881. The van der Waals surface area contributed by atoms with E-state index < -0.39 is 0 Å². The third kappa shape index (κ3) is 2.88. The fourth-order valence-electron chi connectivity index (χ4n) is 2.81. The minimum absolute atomic E-state index is 0.0553. The zero-order valence-electron chi connectivity index (χ0n) is 12.7. The number of morpholine rings is 1. The maximum Gasteiger partial charge on any atom is 0.254 e. The van der Waals surface area contributed by atoms with Gasteiger partial charge in [-0.15, -0.1) is 0 Å². The molecule has 3 aromatic rings. The molecule has 0 aliphatic carbocycles. The van der Waals surface area contributed by atoms with Gasteiger partial charge in [-0.2, -0.15) is 8.75 Å². The van der Waals surface area contributed by atoms with Gasteiger partial charge in [0.15, 0.2) is 0 Å². The number of rotatable bonds is 2. The summed E-state index contributed by atoms with van der Waals surface area (Å²) in [7, 11) is 0. The van der Waals surface area contributed by atoms with E-state index >= 15 is 0 Å². The van der Waals surface area contributed by atoms with E-state index in [2.05, 4.69) is 8.75 Å².